The third-order valence-electron chi connectivity index (χ3n) is 2.95. The van der Waals surface area contributed by atoms with E-state index in [2.05, 4.69) is 18.1 Å². The molecule has 0 saturated carbocycles. The molecule has 0 saturated heterocycles. The van der Waals surface area contributed by atoms with E-state index in [1.165, 1.54) is 5.56 Å². The lowest BCUT2D eigenvalue weighted by molar-refractivity contribution is 0.254. The van der Waals surface area contributed by atoms with E-state index in [9.17, 15) is 0 Å². The third-order valence-corrected chi connectivity index (χ3v) is 2.95. The highest BCUT2D eigenvalue weighted by molar-refractivity contribution is 5.61. The Balaban J connectivity index is 1.97. The van der Waals surface area contributed by atoms with Gasteiger partial charge < -0.3 is 15.0 Å². The molecule has 0 amide bonds. The Labute approximate surface area is 99.4 Å². The first kappa shape index (κ1) is 10.4. The zero-order chi connectivity index (χ0) is 11.8. The van der Waals surface area contributed by atoms with Gasteiger partial charge in [-0.2, -0.15) is 0 Å². The molecular formula is C13H14N2O2. The van der Waals surface area contributed by atoms with Gasteiger partial charge in [0.05, 0.1) is 5.69 Å². The van der Waals surface area contributed by atoms with Gasteiger partial charge in [0.25, 0.3) is 0 Å². The average Bonchev–Trinajstić information content (AvgIpc) is 2.92. The van der Waals surface area contributed by atoms with E-state index in [1.54, 1.807) is 0 Å². The van der Waals surface area contributed by atoms with Crippen LogP contribution in [0.25, 0.3) is 11.3 Å². The second-order valence-corrected chi connectivity index (χ2v) is 4.34. The molecule has 0 spiro atoms. The molecule has 2 N–H and O–H groups in total. The van der Waals surface area contributed by atoms with Crippen LogP contribution in [-0.2, 0) is 13.0 Å². The van der Waals surface area contributed by atoms with Crippen LogP contribution in [0.1, 0.15) is 18.2 Å². The fourth-order valence-electron chi connectivity index (χ4n) is 2.12. The number of nitrogens with two attached hydrogens (primary N) is 1. The summed E-state index contributed by atoms with van der Waals surface area (Å²) in [5.74, 6) is 1.73. The zero-order valence-electron chi connectivity index (χ0n) is 9.64. The molecule has 17 heavy (non-hydrogen) atoms. The van der Waals surface area contributed by atoms with Gasteiger partial charge >= 0.3 is 0 Å². The van der Waals surface area contributed by atoms with E-state index >= 15 is 0 Å². The number of ether oxygens (including phenoxy) is 1. The fourth-order valence-corrected chi connectivity index (χ4v) is 2.12. The van der Waals surface area contributed by atoms with Gasteiger partial charge in [0.15, 0.2) is 5.76 Å². The summed E-state index contributed by atoms with van der Waals surface area (Å²) < 4.78 is 10.9. The molecule has 0 bridgehead atoms. The minimum atomic E-state index is 0.259. The molecule has 4 nitrogen and oxygen atoms in total. The van der Waals surface area contributed by atoms with Crippen molar-refractivity contribution in [1.82, 2.24) is 5.16 Å². The van der Waals surface area contributed by atoms with Gasteiger partial charge in [-0.3, -0.25) is 0 Å². The second-order valence-electron chi connectivity index (χ2n) is 4.34. The molecule has 0 aliphatic carbocycles. The van der Waals surface area contributed by atoms with Crippen molar-refractivity contribution in [3.63, 3.8) is 0 Å². The van der Waals surface area contributed by atoms with Gasteiger partial charge in [0, 0.05) is 24.6 Å². The van der Waals surface area contributed by atoms with Gasteiger partial charge in [-0.05, 0) is 30.7 Å². The zero-order valence-corrected chi connectivity index (χ0v) is 9.64. The molecule has 1 atom stereocenters. The number of aromatic nitrogens is 1. The van der Waals surface area contributed by atoms with E-state index in [0.29, 0.717) is 6.54 Å². The Morgan fingerprint density at radius 3 is 3.06 bits per heavy atom. The number of hydrogen-bond acceptors (Lipinski definition) is 4. The average molecular weight is 230 g/mol. The van der Waals surface area contributed by atoms with Crippen molar-refractivity contribution in [3.05, 3.63) is 35.5 Å². The molecule has 1 unspecified atom stereocenters. The van der Waals surface area contributed by atoms with Gasteiger partial charge in [-0.1, -0.05) is 5.16 Å². The quantitative estimate of drug-likeness (QED) is 0.858. The van der Waals surface area contributed by atoms with Crippen LogP contribution in [0.2, 0.25) is 0 Å². The Bertz CT molecular complexity index is 548. The van der Waals surface area contributed by atoms with Gasteiger partial charge in [-0.15, -0.1) is 0 Å². The molecule has 2 heterocycles. The monoisotopic (exact) mass is 230 g/mol. The second kappa shape index (κ2) is 3.89. The number of hydrogen-bond donors (Lipinski definition) is 1. The molecular weight excluding hydrogens is 216 g/mol. The lowest BCUT2D eigenvalue weighted by Gasteiger charge is -2.02. The van der Waals surface area contributed by atoms with E-state index in [-0.39, 0.29) is 6.10 Å². The standard InChI is InChI=1S/C13H14N2O2/c1-8-4-10-5-9(2-3-12(10)16-8)13-6-11(7-14)15-17-13/h2-3,5-6,8H,4,7,14H2,1H3. The van der Waals surface area contributed by atoms with Gasteiger partial charge in [-0.25, -0.2) is 0 Å². The lowest BCUT2D eigenvalue weighted by Crippen LogP contribution is -2.05. The molecule has 1 aliphatic rings. The first-order valence-corrected chi connectivity index (χ1v) is 5.72. The van der Waals surface area contributed by atoms with Crippen LogP contribution in [0.4, 0.5) is 0 Å². The van der Waals surface area contributed by atoms with E-state index in [1.807, 2.05) is 18.2 Å². The van der Waals surface area contributed by atoms with Crippen LogP contribution in [0, 0.1) is 0 Å². The Morgan fingerprint density at radius 2 is 2.29 bits per heavy atom. The SMILES string of the molecule is CC1Cc2cc(-c3cc(CN)no3)ccc2O1. The molecule has 0 fully saturated rings. The van der Waals surface area contributed by atoms with E-state index in [4.69, 9.17) is 15.0 Å². The van der Waals surface area contributed by atoms with Crippen LogP contribution >= 0.6 is 0 Å². The third kappa shape index (κ3) is 1.80. The first-order valence-electron chi connectivity index (χ1n) is 5.72. The maximum atomic E-state index is 5.66. The number of nitrogens with zero attached hydrogens (tertiary/aromatic N) is 1. The van der Waals surface area contributed by atoms with Crippen molar-refractivity contribution >= 4 is 0 Å². The minimum absolute atomic E-state index is 0.259. The predicted molar refractivity (Wildman–Crippen MR) is 63.6 cm³/mol. The smallest absolute Gasteiger partial charge is 0.167 e. The number of rotatable bonds is 2. The van der Waals surface area contributed by atoms with Crippen molar-refractivity contribution in [2.75, 3.05) is 0 Å². The van der Waals surface area contributed by atoms with Crippen LogP contribution < -0.4 is 10.5 Å². The van der Waals surface area contributed by atoms with Crippen molar-refractivity contribution in [3.8, 4) is 17.1 Å². The number of benzene rings is 1. The predicted octanol–water partition coefficient (Wildman–Crippen LogP) is 2.12. The summed E-state index contributed by atoms with van der Waals surface area (Å²) in [6.45, 7) is 2.47. The van der Waals surface area contributed by atoms with Gasteiger partial charge in [0.1, 0.15) is 11.9 Å². The lowest BCUT2D eigenvalue weighted by atomic mass is 10.1. The molecule has 1 aromatic carbocycles. The van der Waals surface area contributed by atoms with Crippen molar-refractivity contribution in [2.45, 2.75) is 26.0 Å². The Kier molecular flexibility index (Phi) is 2.37. The summed E-state index contributed by atoms with van der Waals surface area (Å²) in [4.78, 5) is 0. The molecule has 1 aromatic heterocycles. The summed E-state index contributed by atoms with van der Waals surface area (Å²) in [7, 11) is 0. The van der Waals surface area contributed by atoms with Crippen molar-refractivity contribution in [2.24, 2.45) is 5.73 Å². The highest BCUT2D eigenvalue weighted by Crippen LogP contribution is 2.32. The molecule has 0 radical (unpaired) electrons. The molecule has 1 aliphatic heterocycles. The molecule has 88 valence electrons. The number of fused-ring (bicyclic) bond motifs is 1. The maximum Gasteiger partial charge on any atom is 0.167 e. The van der Waals surface area contributed by atoms with Crippen LogP contribution in [0.3, 0.4) is 0 Å². The summed E-state index contributed by atoms with van der Waals surface area (Å²) >= 11 is 0. The van der Waals surface area contributed by atoms with Crippen molar-refractivity contribution in [1.29, 1.82) is 0 Å². The maximum absolute atomic E-state index is 5.66. The highest BCUT2D eigenvalue weighted by Gasteiger charge is 2.19. The Hall–Kier alpha value is -1.81. The minimum Gasteiger partial charge on any atom is -0.490 e. The van der Waals surface area contributed by atoms with Crippen LogP contribution in [0.5, 0.6) is 5.75 Å². The summed E-state index contributed by atoms with van der Waals surface area (Å²) in [5.41, 5.74) is 8.52. The van der Waals surface area contributed by atoms with E-state index < -0.39 is 0 Å². The van der Waals surface area contributed by atoms with Crippen molar-refractivity contribution < 1.29 is 9.26 Å². The van der Waals surface area contributed by atoms with Crippen LogP contribution in [0.15, 0.2) is 28.8 Å². The van der Waals surface area contributed by atoms with E-state index in [0.717, 1.165) is 29.2 Å². The Morgan fingerprint density at radius 1 is 1.41 bits per heavy atom. The largest absolute Gasteiger partial charge is 0.490 e. The topological polar surface area (TPSA) is 61.3 Å². The summed E-state index contributed by atoms with van der Waals surface area (Å²) in [6.07, 6.45) is 1.20. The van der Waals surface area contributed by atoms with Gasteiger partial charge in [0.2, 0.25) is 0 Å². The molecule has 2 aromatic rings. The highest BCUT2D eigenvalue weighted by atomic mass is 16.5. The summed E-state index contributed by atoms with van der Waals surface area (Å²) in [6, 6.07) is 7.94. The van der Waals surface area contributed by atoms with Crippen LogP contribution in [-0.4, -0.2) is 11.3 Å². The normalized spacial score (nSPS) is 17.9. The fraction of sp³-hybridized carbons (Fsp3) is 0.308. The first-order chi connectivity index (χ1) is 8.26. The summed E-state index contributed by atoms with van der Waals surface area (Å²) in [5, 5.41) is 3.89. The molecule has 3 rings (SSSR count). The molecule has 4 heteroatoms.